The normalized spacial score (nSPS) is 10.7. The van der Waals surface area contributed by atoms with Gasteiger partial charge in [-0.3, -0.25) is 5.32 Å². The number of hydrogen-bond acceptors (Lipinski definition) is 3. The molecule has 0 aliphatic rings. The zero-order valence-corrected chi connectivity index (χ0v) is 13.1. The number of thiazole rings is 1. The lowest BCUT2D eigenvalue weighted by Crippen LogP contribution is -2.19. The number of amides is 2. The zero-order valence-electron chi connectivity index (χ0n) is 11.5. The quantitative estimate of drug-likeness (QED) is 0.689. The van der Waals surface area contributed by atoms with Crippen LogP contribution in [0.3, 0.4) is 0 Å². The van der Waals surface area contributed by atoms with Crippen molar-refractivity contribution in [2.45, 2.75) is 6.92 Å². The molecular formula is C15H11ClFN3OS. The molecule has 0 saturated carbocycles. The summed E-state index contributed by atoms with van der Waals surface area (Å²) >= 11 is 7.39. The number of fused-ring (bicyclic) bond motifs is 1. The van der Waals surface area contributed by atoms with E-state index in [1.807, 2.05) is 13.0 Å². The highest BCUT2D eigenvalue weighted by Gasteiger charge is 2.12. The molecule has 0 fully saturated rings. The summed E-state index contributed by atoms with van der Waals surface area (Å²) in [6.07, 6.45) is 0. The molecular weight excluding hydrogens is 325 g/mol. The number of anilines is 2. The Hall–Kier alpha value is -2.18. The van der Waals surface area contributed by atoms with Crippen molar-refractivity contribution in [2.24, 2.45) is 0 Å². The fourth-order valence-corrected chi connectivity index (χ4v) is 3.18. The summed E-state index contributed by atoms with van der Waals surface area (Å²) in [7, 11) is 0. The predicted molar refractivity (Wildman–Crippen MR) is 88.4 cm³/mol. The van der Waals surface area contributed by atoms with Gasteiger partial charge in [-0.2, -0.15) is 0 Å². The van der Waals surface area contributed by atoms with E-state index in [-0.39, 0.29) is 5.69 Å². The van der Waals surface area contributed by atoms with Crippen LogP contribution in [0, 0.1) is 12.7 Å². The first-order valence-electron chi connectivity index (χ1n) is 6.43. The monoisotopic (exact) mass is 335 g/mol. The molecule has 3 rings (SSSR count). The maximum Gasteiger partial charge on any atom is 0.325 e. The first kappa shape index (κ1) is 14.7. The second-order valence-corrected chi connectivity index (χ2v) is 6.03. The van der Waals surface area contributed by atoms with Crippen LogP contribution in [0.1, 0.15) is 5.56 Å². The maximum absolute atomic E-state index is 13.5. The van der Waals surface area contributed by atoms with Gasteiger partial charge in [-0.1, -0.05) is 41.1 Å². The molecule has 0 unspecified atom stereocenters. The number of benzene rings is 2. The van der Waals surface area contributed by atoms with E-state index in [0.717, 1.165) is 15.8 Å². The number of rotatable bonds is 2. The third kappa shape index (κ3) is 2.88. The molecule has 4 nitrogen and oxygen atoms in total. The molecule has 2 N–H and O–H groups in total. The van der Waals surface area contributed by atoms with Gasteiger partial charge < -0.3 is 5.32 Å². The van der Waals surface area contributed by atoms with Gasteiger partial charge in [0.1, 0.15) is 5.82 Å². The number of nitrogens with zero attached hydrogens (tertiary/aromatic N) is 1. The predicted octanol–water partition coefficient (Wildman–Crippen LogP) is 5.04. The Morgan fingerprint density at radius 3 is 2.73 bits per heavy atom. The van der Waals surface area contributed by atoms with E-state index in [1.165, 1.54) is 23.5 Å². The molecule has 0 aliphatic carbocycles. The van der Waals surface area contributed by atoms with Gasteiger partial charge in [-0.25, -0.2) is 14.2 Å². The standard InChI is InChI=1S/C15H11ClFN3OS/c1-8-6-7-9(16)13-12(8)19-15(22-13)20-14(21)18-11-5-3-2-4-10(11)17/h2-7H,1H3,(H2,18,19,20,21). The fraction of sp³-hybridized carbons (Fsp3) is 0.0667. The third-order valence-corrected chi connectivity index (χ3v) is 4.47. The van der Waals surface area contributed by atoms with Crippen molar-refractivity contribution in [3.05, 3.63) is 52.8 Å². The van der Waals surface area contributed by atoms with E-state index in [1.54, 1.807) is 18.2 Å². The van der Waals surface area contributed by atoms with Gasteiger partial charge in [-0.05, 0) is 30.7 Å². The van der Waals surface area contributed by atoms with Crippen LogP contribution < -0.4 is 10.6 Å². The first-order valence-corrected chi connectivity index (χ1v) is 7.62. The zero-order chi connectivity index (χ0) is 15.7. The number of hydrogen-bond donors (Lipinski definition) is 2. The van der Waals surface area contributed by atoms with Gasteiger partial charge in [-0.15, -0.1) is 0 Å². The Bertz CT molecular complexity index is 826. The molecule has 0 saturated heterocycles. The minimum Gasteiger partial charge on any atom is -0.305 e. The number of para-hydroxylation sites is 1. The van der Waals surface area contributed by atoms with Gasteiger partial charge in [0.05, 0.1) is 20.9 Å². The lowest BCUT2D eigenvalue weighted by atomic mass is 10.2. The van der Waals surface area contributed by atoms with Crippen molar-refractivity contribution in [3.8, 4) is 0 Å². The largest absolute Gasteiger partial charge is 0.325 e. The van der Waals surface area contributed by atoms with E-state index >= 15 is 0 Å². The van der Waals surface area contributed by atoms with Gasteiger partial charge in [0.2, 0.25) is 0 Å². The number of halogens is 2. The average Bonchev–Trinajstić information content (AvgIpc) is 2.90. The molecule has 3 aromatic rings. The SMILES string of the molecule is Cc1ccc(Cl)c2sc(NC(=O)Nc3ccccc3F)nc12. The molecule has 1 heterocycles. The average molecular weight is 336 g/mol. The molecule has 22 heavy (non-hydrogen) atoms. The van der Waals surface area contributed by atoms with Gasteiger partial charge >= 0.3 is 6.03 Å². The highest BCUT2D eigenvalue weighted by molar-refractivity contribution is 7.23. The Labute approximate surface area is 134 Å². The molecule has 0 aliphatic heterocycles. The summed E-state index contributed by atoms with van der Waals surface area (Å²) in [5.41, 5.74) is 1.83. The van der Waals surface area contributed by atoms with Crippen LogP contribution in [0.4, 0.5) is 20.0 Å². The molecule has 0 bridgehead atoms. The Balaban J connectivity index is 1.81. The molecule has 2 aromatic carbocycles. The van der Waals surface area contributed by atoms with Gasteiger partial charge in [0, 0.05) is 0 Å². The number of aromatic nitrogens is 1. The molecule has 0 atom stereocenters. The van der Waals surface area contributed by atoms with Crippen molar-refractivity contribution in [3.63, 3.8) is 0 Å². The van der Waals surface area contributed by atoms with Crippen molar-refractivity contribution in [2.75, 3.05) is 10.6 Å². The molecule has 0 spiro atoms. The number of urea groups is 1. The van der Waals surface area contributed by atoms with Crippen LogP contribution in [0.5, 0.6) is 0 Å². The van der Waals surface area contributed by atoms with E-state index in [4.69, 9.17) is 11.6 Å². The van der Waals surface area contributed by atoms with Gasteiger partial charge in [0.15, 0.2) is 5.13 Å². The molecule has 2 amide bonds. The third-order valence-electron chi connectivity index (χ3n) is 3.04. The van der Waals surface area contributed by atoms with Crippen LogP contribution in [-0.4, -0.2) is 11.0 Å². The summed E-state index contributed by atoms with van der Waals surface area (Å²) in [6.45, 7) is 1.92. The van der Waals surface area contributed by atoms with E-state index in [9.17, 15) is 9.18 Å². The van der Waals surface area contributed by atoms with Crippen LogP contribution >= 0.6 is 22.9 Å². The topological polar surface area (TPSA) is 54.0 Å². The van der Waals surface area contributed by atoms with E-state index in [2.05, 4.69) is 15.6 Å². The highest BCUT2D eigenvalue weighted by atomic mass is 35.5. The Morgan fingerprint density at radius 1 is 1.23 bits per heavy atom. The second-order valence-electron chi connectivity index (χ2n) is 4.62. The summed E-state index contributed by atoms with van der Waals surface area (Å²) < 4.78 is 14.3. The summed E-state index contributed by atoms with van der Waals surface area (Å²) in [4.78, 5) is 16.3. The fourth-order valence-electron chi connectivity index (χ4n) is 1.97. The van der Waals surface area contributed by atoms with Crippen molar-refractivity contribution in [1.82, 2.24) is 4.98 Å². The Morgan fingerprint density at radius 2 is 2.00 bits per heavy atom. The van der Waals surface area contributed by atoms with Crippen LogP contribution in [0.2, 0.25) is 5.02 Å². The van der Waals surface area contributed by atoms with Crippen LogP contribution in [0.15, 0.2) is 36.4 Å². The van der Waals surface area contributed by atoms with Crippen LogP contribution in [0.25, 0.3) is 10.2 Å². The summed E-state index contributed by atoms with van der Waals surface area (Å²) in [5, 5.41) is 6.02. The molecule has 0 radical (unpaired) electrons. The first-order chi connectivity index (χ1) is 10.5. The van der Waals surface area contributed by atoms with Crippen molar-refractivity contribution >= 4 is 50.0 Å². The number of aryl methyl sites for hydroxylation is 1. The smallest absolute Gasteiger partial charge is 0.305 e. The summed E-state index contributed by atoms with van der Waals surface area (Å²) in [5.74, 6) is -0.499. The summed E-state index contributed by atoms with van der Waals surface area (Å²) in [6, 6.07) is 9.05. The van der Waals surface area contributed by atoms with Crippen molar-refractivity contribution in [1.29, 1.82) is 0 Å². The minimum atomic E-state index is -0.557. The van der Waals surface area contributed by atoms with Gasteiger partial charge in [0.25, 0.3) is 0 Å². The maximum atomic E-state index is 13.5. The van der Waals surface area contributed by atoms with Crippen molar-refractivity contribution < 1.29 is 9.18 Å². The van der Waals surface area contributed by atoms with Crippen LogP contribution in [-0.2, 0) is 0 Å². The highest BCUT2D eigenvalue weighted by Crippen LogP contribution is 2.33. The Kier molecular flexibility index (Phi) is 3.96. The number of carbonyl (C=O) groups is 1. The second kappa shape index (κ2) is 5.90. The number of carbonyl (C=O) groups excluding carboxylic acids is 1. The van der Waals surface area contributed by atoms with E-state index in [0.29, 0.717) is 10.2 Å². The number of nitrogens with one attached hydrogen (secondary N) is 2. The lowest BCUT2D eigenvalue weighted by Gasteiger charge is -2.05. The minimum absolute atomic E-state index is 0.107. The molecule has 112 valence electrons. The molecule has 1 aromatic heterocycles. The molecule has 7 heteroatoms. The van der Waals surface area contributed by atoms with E-state index < -0.39 is 11.8 Å². The lowest BCUT2D eigenvalue weighted by molar-refractivity contribution is 0.262.